The lowest BCUT2D eigenvalue weighted by Crippen LogP contribution is -2.59. The molecular formula is C25H42INO8S. The van der Waals surface area contributed by atoms with Gasteiger partial charge in [-0.15, -0.1) is 12.6 Å². The van der Waals surface area contributed by atoms with E-state index < -0.39 is 35.8 Å². The summed E-state index contributed by atoms with van der Waals surface area (Å²) >= 11 is 5.92. The van der Waals surface area contributed by atoms with Crippen molar-refractivity contribution in [3.8, 4) is 17.2 Å². The van der Waals surface area contributed by atoms with Crippen LogP contribution in [0.3, 0.4) is 0 Å². The second-order valence-electron chi connectivity index (χ2n) is 9.04. The van der Waals surface area contributed by atoms with Gasteiger partial charge in [0.05, 0.1) is 29.5 Å². The molecule has 1 aromatic carbocycles. The van der Waals surface area contributed by atoms with Crippen LogP contribution in [0.4, 0.5) is 0 Å². The van der Waals surface area contributed by atoms with E-state index in [1.54, 1.807) is 13.8 Å². The van der Waals surface area contributed by atoms with E-state index in [0.29, 0.717) is 21.2 Å². The Balaban J connectivity index is 0.000000613. The van der Waals surface area contributed by atoms with E-state index in [4.69, 9.17) is 23.7 Å². The molecule has 1 aliphatic heterocycles. The van der Waals surface area contributed by atoms with Crippen molar-refractivity contribution in [2.24, 2.45) is 0 Å². The second-order valence-corrected chi connectivity index (χ2v) is 10.5. The molecule has 208 valence electrons. The first-order valence-electron chi connectivity index (χ1n) is 11.9. The summed E-state index contributed by atoms with van der Waals surface area (Å²) < 4.78 is 28.1. The Hall–Kier alpha value is -0.830. The number of ether oxygens (including phenoxy) is 5. The number of methoxy groups -OCH3 is 3. The Morgan fingerprint density at radius 2 is 1.58 bits per heavy atom. The first-order valence-corrected chi connectivity index (χ1v) is 13.4. The monoisotopic (exact) mass is 643 g/mol. The van der Waals surface area contributed by atoms with Crippen LogP contribution < -0.4 is 14.2 Å². The molecule has 0 unspecified atom stereocenters. The number of carbonyl (C=O) groups excluding carboxylic acids is 1. The summed E-state index contributed by atoms with van der Waals surface area (Å²) in [5.74, 6) is 0.591. The Labute approximate surface area is 234 Å². The molecule has 0 saturated carbocycles. The molecule has 9 nitrogen and oxygen atoms in total. The molecule has 2 N–H and O–H groups in total. The highest BCUT2D eigenvalue weighted by Crippen LogP contribution is 2.47. The van der Waals surface area contributed by atoms with E-state index in [0.717, 1.165) is 6.54 Å². The molecule has 1 heterocycles. The molecule has 11 heteroatoms. The van der Waals surface area contributed by atoms with Gasteiger partial charge in [-0.2, -0.15) is 0 Å². The molecule has 0 amide bonds. The van der Waals surface area contributed by atoms with E-state index >= 15 is 0 Å². The first-order chi connectivity index (χ1) is 16.8. The summed E-state index contributed by atoms with van der Waals surface area (Å²) in [5.41, 5.74) is 0.850. The average Bonchev–Trinajstić information content (AvgIpc) is 2.80. The van der Waals surface area contributed by atoms with Gasteiger partial charge >= 0.3 is 0 Å². The predicted molar refractivity (Wildman–Crippen MR) is 151 cm³/mol. The molecule has 1 fully saturated rings. The van der Waals surface area contributed by atoms with Gasteiger partial charge in [0, 0.05) is 19.2 Å². The van der Waals surface area contributed by atoms with Crippen molar-refractivity contribution < 1.29 is 38.7 Å². The van der Waals surface area contributed by atoms with E-state index in [9.17, 15) is 15.0 Å². The number of benzene rings is 1. The molecule has 0 aliphatic carbocycles. The molecule has 0 spiro atoms. The van der Waals surface area contributed by atoms with Gasteiger partial charge in [0.2, 0.25) is 17.2 Å². The summed E-state index contributed by atoms with van der Waals surface area (Å²) in [6, 6.07) is 1.38. The Morgan fingerprint density at radius 1 is 1.06 bits per heavy atom. The van der Waals surface area contributed by atoms with Crippen LogP contribution in [0.1, 0.15) is 57.5 Å². The first kappa shape index (κ1) is 33.2. The molecule has 0 bridgehead atoms. The second kappa shape index (κ2) is 14.9. The molecule has 36 heavy (non-hydrogen) atoms. The van der Waals surface area contributed by atoms with Crippen LogP contribution in [0.5, 0.6) is 17.2 Å². The summed E-state index contributed by atoms with van der Waals surface area (Å²) in [5, 5.41) is 20.1. The molecule has 5 atom stereocenters. The Bertz CT molecular complexity index is 861. The van der Waals surface area contributed by atoms with Crippen LogP contribution in [-0.2, 0) is 9.47 Å². The number of nitrogens with zero attached hydrogens (tertiary/aromatic N) is 1. The summed E-state index contributed by atoms with van der Waals surface area (Å²) in [6.07, 6.45) is -4.90. The molecule has 0 radical (unpaired) electrons. The third-order valence-electron chi connectivity index (χ3n) is 6.14. The average molecular weight is 644 g/mol. The SMILES string of the molecule is CCN(C(C)C)C(C)C.COc1c(O[C@@H]2O[C@@H](C)[C@H](O)[C@@H](OC)[C@H]2O)c(I)c(C)c(C(=O)S)c1OC. The number of halogens is 1. The highest BCUT2D eigenvalue weighted by atomic mass is 127. The number of aliphatic hydroxyl groups is 2. The van der Waals surface area contributed by atoms with Gasteiger partial charge in [-0.1, -0.05) is 6.92 Å². The summed E-state index contributed by atoms with van der Waals surface area (Å²) in [4.78, 5) is 14.4. The van der Waals surface area contributed by atoms with Crippen LogP contribution in [0.15, 0.2) is 0 Å². The van der Waals surface area contributed by atoms with Crippen molar-refractivity contribution in [3.05, 3.63) is 14.7 Å². The van der Waals surface area contributed by atoms with Crippen LogP contribution in [-0.4, -0.2) is 90.9 Å². The van der Waals surface area contributed by atoms with Crippen molar-refractivity contribution >= 4 is 40.3 Å². The van der Waals surface area contributed by atoms with Crippen LogP contribution in [0.25, 0.3) is 0 Å². The zero-order valence-electron chi connectivity index (χ0n) is 22.9. The largest absolute Gasteiger partial charge is 0.492 e. The molecule has 2 rings (SSSR count). The molecule has 1 aliphatic rings. The summed E-state index contributed by atoms with van der Waals surface area (Å²) in [7, 11) is 4.20. The minimum absolute atomic E-state index is 0.173. The van der Waals surface area contributed by atoms with Gasteiger partial charge in [-0.3, -0.25) is 9.69 Å². The minimum Gasteiger partial charge on any atom is -0.492 e. The van der Waals surface area contributed by atoms with Gasteiger partial charge in [-0.05, 0) is 76.2 Å². The number of hydrogen-bond acceptors (Lipinski definition) is 9. The van der Waals surface area contributed by atoms with Gasteiger partial charge in [-0.25, -0.2) is 0 Å². The fourth-order valence-electron chi connectivity index (χ4n) is 4.33. The van der Waals surface area contributed by atoms with Gasteiger partial charge in [0.15, 0.2) is 11.5 Å². The van der Waals surface area contributed by atoms with Crippen LogP contribution in [0, 0.1) is 10.5 Å². The standard InChI is InChI=1S/C17H23IO8S.C8H19N/c1-6-8(16(21)27)12(22-3)15(24-5)13(9(6)18)26-17-11(20)14(23-4)10(19)7(2)25-17;1-6-9(7(2)3)8(4)5/h7,10-11,14,17,19-20H,1-5H3,(H,21,27);7-8H,6H2,1-5H3/t7-,10-,11+,14+,17-;/m0./s1. The molecular weight excluding hydrogens is 601 g/mol. The maximum atomic E-state index is 12.0. The third kappa shape index (κ3) is 7.61. The zero-order valence-corrected chi connectivity index (χ0v) is 25.9. The molecule has 1 saturated heterocycles. The quantitative estimate of drug-likeness (QED) is 0.275. The fraction of sp³-hybridized carbons (Fsp3) is 0.720. The highest BCUT2D eigenvalue weighted by molar-refractivity contribution is 14.1. The lowest BCUT2D eigenvalue weighted by atomic mass is 9.99. The van der Waals surface area contributed by atoms with Gasteiger partial charge < -0.3 is 33.9 Å². The Kier molecular flexibility index (Phi) is 13.8. The van der Waals surface area contributed by atoms with Crippen molar-refractivity contribution in [1.29, 1.82) is 0 Å². The number of thiol groups is 1. The van der Waals surface area contributed by atoms with Gasteiger partial charge in [0.1, 0.15) is 18.3 Å². The number of hydrogen-bond donors (Lipinski definition) is 3. The van der Waals surface area contributed by atoms with Crippen molar-refractivity contribution in [1.82, 2.24) is 4.90 Å². The summed E-state index contributed by atoms with van der Waals surface area (Å²) in [6.45, 7) is 15.7. The smallest absolute Gasteiger partial charge is 0.229 e. The predicted octanol–water partition coefficient (Wildman–Crippen LogP) is 3.67. The fourth-order valence-corrected chi connectivity index (χ4v) is 5.24. The van der Waals surface area contributed by atoms with E-state index in [1.165, 1.54) is 21.3 Å². The topological polar surface area (TPSA) is 107 Å². The zero-order chi connectivity index (χ0) is 27.9. The van der Waals surface area contributed by atoms with Crippen molar-refractivity contribution in [2.45, 2.75) is 91.3 Å². The van der Waals surface area contributed by atoms with Crippen molar-refractivity contribution in [3.63, 3.8) is 0 Å². The molecule has 1 aromatic rings. The van der Waals surface area contributed by atoms with Crippen LogP contribution >= 0.6 is 35.2 Å². The number of carbonyl (C=O) groups is 1. The maximum absolute atomic E-state index is 12.0. The Morgan fingerprint density at radius 3 is 1.94 bits per heavy atom. The number of aliphatic hydroxyl groups excluding tert-OH is 2. The van der Waals surface area contributed by atoms with E-state index in [2.05, 4.69) is 52.1 Å². The van der Waals surface area contributed by atoms with Gasteiger partial charge in [0.25, 0.3) is 0 Å². The van der Waals surface area contributed by atoms with Crippen molar-refractivity contribution in [2.75, 3.05) is 27.9 Å². The third-order valence-corrected chi connectivity index (χ3v) is 7.67. The van der Waals surface area contributed by atoms with E-state index in [1.807, 2.05) is 22.6 Å². The minimum atomic E-state index is -1.25. The number of rotatable bonds is 9. The van der Waals surface area contributed by atoms with E-state index in [-0.39, 0.29) is 22.8 Å². The van der Waals surface area contributed by atoms with Crippen LogP contribution in [0.2, 0.25) is 0 Å². The molecule has 0 aromatic heterocycles. The lowest BCUT2D eigenvalue weighted by Gasteiger charge is -2.40. The highest BCUT2D eigenvalue weighted by Gasteiger charge is 2.45. The maximum Gasteiger partial charge on any atom is 0.229 e. The lowest BCUT2D eigenvalue weighted by molar-refractivity contribution is -0.273. The normalized spacial score (nSPS) is 24.0.